The lowest BCUT2D eigenvalue weighted by molar-refractivity contribution is 0.0737. The third-order valence-electron chi connectivity index (χ3n) is 4.52. The summed E-state index contributed by atoms with van der Waals surface area (Å²) in [4.78, 5) is 16.1. The summed E-state index contributed by atoms with van der Waals surface area (Å²) in [7, 11) is 7.75. The molecule has 2 rings (SSSR count). The van der Waals surface area contributed by atoms with Gasteiger partial charge >= 0.3 is 0 Å². The van der Waals surface area contributed by atoms with Gasteiger partial charge in [-0.2, -0.15) is 0 Å². The molecule has 3 N–H and O–H groups in total. The lowest BCUT2D eigenvalue weighted by Gasteiger charge is -2.47. The van der Waals surface area contributed by atoms with Crippen molar-refractivity contribution >= 4 is 17.3 Å². The number of carbonyl (C=O) groups excluding carboxylic acids is 1. The first kappa shape index (κ1) is 15.6. The number of amides is 1. The molecule has 1 fully saturated rings. The first-order chi connectivity index (χ1) is 9.85. The summed E-state index contributed by atoms with van der Waals surface area (Å²) in [5, 5.41) is 3.44. The fraction of sp³-hybridized carbons (Fsp3) is 0.562. The summed E-state index contributed by atoms with van der Waals surface area (Å²) < 4.78 is 0. The number of hydrogen-bond acceptors (Lipinski definition) is 4. The van der Waals surface area contributed by atoms with Gasteiger partial charge in [-0.25, -0.2) is 0 Å². The van der Waals surface area contributed by atoms with Gasteiger partial charge < -0.3 is 20.9 Å². The number of nitrogens with zero attached hydrogens (tertiary/aromatic N) is 2. The minimum atomic E-state index is -0.00925. The van der Waals surface area contributed by atoms with E-state index < -0.39 is 0 Å². The van der Waals surface area contributed by atoms with Crippen LogP contribution in [0.5, 0.6) is 0 Å². The minimum Gasteiger partial charge on any atom is -0.399 e. The molecule has 1 saturated carbocycles. The summed E-state index contributed by atoms with van der Waals surface area (Å²) in [6.07, 6.45) is 3.64. The Balaban J connectivity index is 2.19. The highest BCUT2D eigenvalue weighted by Gasteiger charge is 2.38. The zero-order chi connectivity index (χ0) is 15.6. The van der Waals surface area contributed by atoms with Gasteiger partial charge in [0.1, 0.15) is 0 Å². The standard InChI is InChI=1S/C16H26N4O/c1-19(2)15(21)13-7-6-12(17)10-14(13)18-11-16(20(3)4)8-5-9-16/h6-7,10,18H,5,8-9,11,17H2,1-4H3. The molecule has 5 nitrogen and oxygen atoms in total. The maximum Gasteiger partial charge on any atom is 0.255 e. The first-order valence-electron chi connectivity index (χ1n) is 7.38. The molecule has 1 amide bonds. The normalized spacial score (nSPS) is 16.4. The third-order valence-corrected chi connectivity index (χ3v) is 4.52. The van der Waals surface area contributed by atoms with Crippen LogP contribution in [0.1, 0.15) is 29.6 Å². The third kappa shape index (κ3) is 3.13. The van der Waals surface area contributed by atoms with Crippen molar-refractivity contribution < 1.29 is 4.79 Å². The Hall–Kier alpha value is -1.75. The van der Waals surface area contributed by atoms with Crippen molar-refractivity contribution in [2.75, 3.05) is 45.8 Å². The van der Waals surface area contributed by atoms with Gasteiger partial charge in [-0.05, 0) is 51.6 Å². The van der Waals surface area contributed by atoms with Crippen molar-refractivity contribution in [2.45, 2.75) is 24.8 Å². The van der Waals surface area contributed by atoms with Gasteiger partial charge in [0, 0.05) is 37.6 Å². The molecular weight excluding hydrogens is 264 g/mol. The van der Waals surface area contributed by atoms with Gasteiger partial charge in [-0.3, -0.25) is 4.79 Å². The van der Waals surface area contributed by atoms with Gasteiger partial charge in [0.2, 0.25) is 0 Å². The van der Waals surface area contributed by atoms with E-state index in [0.717, 1.165) is 12.2 Å². The molecule has 0 bridgehead atoms. The van der Waals surface area contributed by atoms with Crippen molar-refractivity contribution in [3.05, 3.63) is 23.8 Å². The predicted molar refractivity (Wildman–Crippen MR) is 87.6 cm³/mol. The second-order valence-electron chi connectivity index (χ2n) is 6.33. The Morgan fingerprint density at radius 2 is 1.95 bits per heavy atom. The molecule has 0 aromatic heterocycles. The van der Waals surface area contributed by atoms with Crippen molar-refractivity contribution in [1.29, 1.82) is 0 Å². The van der Waals surface area contributed by atoms with Gasteiger partial charge in [0.05, 0.1) is 5.56 Å². The van der Waals surface area contributed by atoms with Crippen LogP contribution in [0.25, 0.3) is 0 Å². The van der Waals surface area contributed by atoms with Gasteiger partial charge in [-0.15, -0.1) is 0 Å². The fourth-order valence-electron chi connectivity index (χ4n) is 2.76. The topological polar surface area (TPSA) is 61.6 Å². The zero-order valence-electron chi connectivity index (χ0n) is 13.4. The number of nitrogen functional groups attached to an aromatic ring is 1. The second kappa shape index (κ2) is 5.93. The quantitative estimate of drug-likeness (QED) is 0.813. The monoisotopic (exact) mass is 290 g/mol. The largest absolute Gasteiger partial charge is 0.399 e. The predicted octanol–water partition coefficient (Wildman–Crippen LogP) is 1.87. The van der Waals surface area contributed by atoms with Gasteiger partial charge in [0.25, 0.3) is 5.91 Å². The smallest absolute Gasteiger partial charge is 0.255 e. The molecule has 1 aliphatic rings. The highest BCUT2D eigenvalue weighted by molar-refractivity contribution is 6.00. The van der Waals surface area contributed by atoms with Crippen LogP contribution in [0, 0.1) is 0 Å². The molecule has 0 saturated heterocycles. The van der Waals surface area contributed by atoms with E-state index in [-0.39, 0.29) is 11.4 Å². The Morgan fingerprint density at radius 1 is 1.29 bits per heavy atom. The first-order valence-corrected chi connectivity index (χ1v) is 7.38. The Labute approximate surface area is 127 Å². The van der Waals surface area contributed by atoms with Crippen molar-refractivity contribution in [3.8, 4) is 0 Å². The number of likely N-dealkylation sites (N-methyl/N-ethyl adjacent to an activating group) is 1. The van der Waals surface area contributed by atoms with Gasteiger partial charge in [-0.1, -0.05) is 0 Å². The van der Waals surface area contributed by atoms with Crippen LogP contribution in [0.2, 0.25) is 0 Å². The molecule has 1 aromatic rings. The minimum absolute atomic E-state index is 0.00925. The van der Waals surface area contributed by atoms with Crippen LogP contribution in [0.3, 0.4) is 0 Å². The van der Waals surface area contributed by atoms with E-state index in [0.29, 0.717) is 11.3 Å². The Kier molecular flexibility index (Phi) is 4.42. The van der Waals surface area contributed by atoms with Crippen LogP contribution in [-0.4, -0.2) is 56.0 Å². The molecule has 1 aromatic carbocycles. The number of carbonyl (C=O) groups is 1. The molecule has 0 spiro atoms. The van der Waals surface area contributed by atoms with Crippen LogP contribution in [-0.2, 0) is 0 Å². The summed E-state index contributed by atoms with van der Waals surface area (Å²) >= 11 is 0. The van der Waals surface area contributed by atoms with Crippen molar-refractivity contribution in [1.82, 2.24) is 9.80 Å². The number of nitrogens with one attached hydrogen (secondary N) is 1. The van der Waals surface area contributed by atoms with E-state index in [1.165, 1.54) is 19.3 Å². The molecule has 0 aliphatic heterocycles. The maximum absolute atomic E-state index is 12.3. The van der Waals surface area contributed by atoms with Crippen LogP contribution < -0.4 is 11.1 Å². The van der Waals surface area contributed by atoms with Crippen LogP contribution >= 0.6 is 0 Å². The summed E-state index contributed by atoms with van der Waals surface area (Å²) in [6, 6.07) is 5.41. The zero-order valence-corrected chi connectivity index (χ0v) is 13.4. The number of benzene rings is 1. The van der Waals surface area contributed by atoms with E-state index in [1.54, 1.807) is 31.1 Å². The lowest BCUT2D eigenvalue weighted by atomic mass is 9.75. The molecule has 0 atom stereocenters. The molecule has 0 heterocycles. The molecule has 0 unspecified atom stereocenters. The molecule has 21 heavy (non-hydrogen) atoms. The maximum atomic E-state index is 12.3. The average molecular weight is 290 g/mol. The highest BCUT2D eigenvalue weighted by Crippen LogP contribution is 2.36. The molecular formula is C16H26N4O. The summed E-state index contributed by atoms with van der Waals surface area (Å²) in [5.41, 5.74) is 8.23. The second-order valence-corrected chi connectivity index (χ2v) is 6.33. The van der Waals surface area contributed by atoms with E-state index in [1.807, 2.05) is 6.07 Å². The number of rotatable bonds is 5. The van der Waals surface area contributed by atoms with E-state index >= 15 is 0 Å². The Morgan fingerprint density at radius 3 is 2.43 bits per heavy atom. The fourth-order valence-corrected chi connectivity index (χ4v) is 2.76. The van der Waals surface area contributed by atoms with Crippen LogP contribution in [0.4, 0.5) is 11.4 Å². The summed E-state index contributed by atoms with van der Waals surface area (Å²) in [5.74, 6) is -0.00925. The molecule has 116 valence electrons. The number of anilines is 2. The molecule has 1 aliphatic carbocycles. The average Bonchev–Trinajstić information content (AvgIpc) is 2.36. The van der Waals surface area contributed by atoms with Gasteiger partial charge in [0.15, 0.2) is 0 Å². The molecule has 5 heteroatoms. The van der Waals surface area contributed by atoms with Crippen molar-refractivity contribution in [2.24, 2.45) is 0 Å². The lowest BCUT2D eigenvalue weighted by Crippen LogP contribution is -2.54. The van der Waals surface area contributed by atoms with E-state index in [2.05, 4.69) is 24.3 Å². The highest BCUT2D eigenvalue weighted by atomic mass is 16.2. The number of nitrogens with two attached hydrogens (primary N) is 1. The Bertz CT molecular complexity index is 521. The SMILES string of the molecule is CN(C)C(=O)c1ccc(N)cc1NCC1(N(C)C)CCC1. The van der Waals surface area contributed by atoms with Crippen LogP contribution in [0.15, 0.2) is 18.2 Å². The van der Waals surface area contributed by atoms with E-state index in [4.69, 9.17) is 5.73 Å². The van der Waals surface area contributed by atoms with Crippen molar-refractivity contribution in [3.63, 3.8) is 0 Å². The molecule has 0 radical (unpaired) electrons. The van der Waals surface area contributed by atoms with E-state index in [9.17, 15) is 4.79 Å². The number of hydrogen-bond donors (Lipinski definition) is 2. The summed E-state index contributed by atoms with van der Waals surface area (Å²) in [6.45, 7) is 0.831.